The van der Waals surface area contributed by atoms with Crippen LogP contribution in [-0.4, -0.2) is 33.8 Å². The van der Waals surface area contributed by atoms with Crippen LogP contribution in [0.15, 0.2) is 58.3 Å². The van der Waals surface area contributed by atoms with E-state index in [2.05, 4.69) is 5.43 Å². The summed E-state index contributed by atoms with van der Waals surface area (Å²) in [6.07, 6.45) is 0. The Morgan fingerprint density at radius 3 is 2.04 bits per heavy atom. The number of fused-ring (bicyclic) bond motifs is 2. The standard InChI is InChI=1S/C17H19N3O3S/c1-3-19(4-2)18-17(21)20(22)24-15-11-7-5-9-13(15)23-14-10-6-8-12-16(14)24/h5-12,22H,3-4H2,1-2H3/p+1. The highest BCUT2D eigenvalue weighted by Gasteiger charge is 2.45. The number of hydrogen-bond donors (Lipinski definition) is 2. The van der Waals surface area contributed by atoms with Gasteiger partial charge in [0.1, 0.15) is 0 Å². The average Bonchev–Trinajstić information content (AvgIpc) is 2.63. The molecule has 2 aromatic rings. The molecule has 0 aliphatic carbocycles. The van der Waals surface area contributed by atoms with Crippen LogP contribution in [0.2, 0.25) is 0 Å². The van der Waals surface area contributed by atoms with Crippen LogP contribution in [-0.2, 0) is 11.1 Å². The first-order chi connectivity index (χ1) is 11.7. The monoisotopic (exact) mass is 346 g/mol. The molecule has 1 heterocycles. The third-order valence-electron chi connectivity index (χ3n) is 3.70. The van der Waals surface area contributed by atoms with Crippen LogP contribution in [0, 0.1) is 0 Å². The van der Waals surface area contributed by atoms with Gasteiger partial charge in [0.05, 0.1) is 0 Å². The van der Waals surface area contributed by atoms with E-state index in [4.69, 9.17) is 4.74 Å². The number of hydrogen-bond acceptors (Lipinski definition) is 4. The van der Waals surface area contributed by atoms with Gasteiger partial charge in [-0.3, -0.25) is 5.43 Å². The SMILES string of the molecule is CCN(CC)NC(=O)N(O)[S+]1c2ccccc2Oc2ccccc21. The number of amides is 2. The van der Waals surface area contributed by atoms with E-state index in [-0.39, 0.29) is 0 Å². The Morgan fingerprint density at radius 1 is 1.04 bits per heavy atom. The summed E-state index contributed by atoms with van der Waals surface area (Å²) in [5, 5.41) is 12.4. The van der Waals surface area contributed by atoms with E-state index >= 15 is 0 Å². The lowest BCUT2D eigenvalue weighted by molar-refractivity contribution is 0.0350. The molecular formula is C17H20N3O3S+. The Bertz CT molecular complexity index is 691. The van der Waals surface area contributed by atoms with E-state index in [0.29, 0.717) is 24.6 Å². The molecular weight excluding hydrogens is 326 g/mol. The lowest BCUT2D eigenvalue weighted by Gasteiger charge is -2.25. The molecule has 1 aliphatic rings. The predicted molar refractivity (Wildman–Crippen MR) is 91.9 cm³/mol. The summed E-state index contributed by atoms with van der Waals surface area (Å²) in [4.78, 5) is 14.0. The van der Waals surface area contributed by atoms with Gasteiger partial charge in [-0.15, -0.1) is 0 Å². The van der Waals surface area contributed by atoms with Crippen molar-refractivity contribution < 1.29 is 14.7 Å². The minimum absolute atomic E-state index is 0.562. The number of rotatable bonds is 4. The molecule has 24 heavy (non-hydrogen) atoms. The van der Waals surface area contributed by atoms with Crippen molar-refractivity contribution in [3.05, 3.63) is 48.5 Å². The molecule has 6 nitrogen and oxygen atoms in total. The minimum atomic E-state index is -0.965. The zero-order chi connectivity index (χ0) is 17.1. The normalized spacial score (nSPS) is 13.0. The van der Waals surface area contributed by atoms with Gasteiger partial charge < -0.3 is 4.74 Å². The molecule has 0 bridgehead atoms. The van der Waals surface area contributed by atoms with Crippen molar-refractivity contribution >= 4 is 17.1 Å². The quantitative estimate of drug-likeness (QED) is 0.506. The highest BCUT2D eigenvalue weighted by atomic mass is 32.2. The zero-order valence-corrected chi connectivity index (χ0v) is 14.4. The molecule has 7 heteroatoms. The fraction of sp³-hybridized carbons (Fsp3) is 0.235. The molecule has 0 aromatic heterocycles. The molecule has 0 saturated heterocycles. The van der Waals surface area contributed by atoms with Gasteiger partial charge in [-0.05, 0) is 12.1 Å². The lowest BCUT2D eigenvalue weighted by Crippen LogP contribution is -2.49. The van der Waals surface area contributed by atoms with E-state index in [1.165, 1.54) is 0 Å². The molecule has 1 aliphatic heterocycles. The summed E-state index contributed by atoms with van der Waals surface area (Å²) >= 11 is -0.965. The highest BCUT2D eigenvalue weighted by molar-refractivity contribution is 7.95. The number of urea groups is 1. The van der Waals surface area contributed by atoms with Crippen molar-refractivity contribution in [2.75, 3.05) is 13.1 Å². The Morgan fingerprint density at radius 2 is 1.54 bits per heavy atom. The maximum absolute atomic E-state index is 12.5. The first-order valence-electron chi connectivity index (χ1n) is 7.80. The van der Waals surface area contributed by atoms with E-state index < -0.39 is 17.1 Å². The number of hydroxylamine groups is 1. The molecule has 0 unspecified atom stereocenters. The van der Waals surface area contributed by atoms with Crippen LogP contribution in [0.4, 0.5) is 4.79 Å². The number of carbonyl (C=O) groups excluding carboxylic acids is 1. The van der Waals surface area contributed by atoms with Crippen molar-refractivity contribution in [2.45, 2.75) is 23.6 Å². The number of carbonyl (C=O) groups is 1. The first-order valence-corrected chi connectivity index (χ1v) is 8.98. The van der Waals surface area contributed by atoms with E-state index in [9.17, 15) is 10.0 Å². The number of para-hydroxylation sites is 2. The summed E-state index contributed by atoms with van der Waals surface area (Å²) in [6.45, 7) is 5.18. The van der Waals surface area contributed by atoms with Crippen LogP contribution in [0.5, 0.6) is 11.5 Å². The van der Waals surface area contributed by atoms with Gasteiger partial charge in [-0.2, -0.15) is 0 Å². The maximum atomic E-state index is 12.5. The fourth-order valence-electron chi connectivity index (χ4n) is 2.45. The highest BCUT2D eigenvalue weighted by Crippen LogP contribution is 2.44. The van der Waals surface area contributed by atoms with Gasteiger partial charge in [0.2, 0.25) is 20.9 Å². The number of nitrogens with zero attached hydrogens (tertiary/aromatic N) is 2. The zero-order valence-electron chi connectivity index (χ0n) is 13.6. The third-order valence-corrected chi connectivity index (χ3v) is 5.72. The van der Waals surface area contributed by atoms with Crippen LogP contribution in [0.3, 0.4) is 0 Å². The molecule has 0 fully saturated rings. The summed E-state index contributed by atoms with van der Waals surface area (Å²) in [6, 6.07) is 14.3. The van der Waals surface area contributed by atoms with E-state index in [1.807, 2.05) is 62.4 Å². The summed E-state index contributed by atoms with van der Waals surface area (Å²) in [5.41, 5.74) is 2.71. The van der Waals surface area contributed by atoms with Gasteiger partial charge in [0.15, 0.2) is 11.5 Å². The van der Waals surface area contributed by atoms with Crippen LogP contribution in [0.25, 0.3) is 0 Å². The molecule has 126 valence electrons. The molecule has 3 rings (SSSR count). The number of benzene rings is 2. The first kappa shape index (κ1) is 16.6. The van der Waals surface area contributed by atoms with Gasteiger partial charge in [-0.1, -0.05) is 38.1 Å². The van der Waals surface area contributed by atoms with Crippen molar-refractivity contribution in [1.29, 1.82) is 0 Å². The van der Waals surface area contributed by atoms with Gasteiger partial charge in [0.25, 0.3) is 0 Å². The van der Waals surface area contributed by atoms with Crippen molar-refractivity contribution in [3.8, 4) is 11.5 Å². The predicted octanol–water partition coefficient (Wildman–Crippen LogP) is 3.40. The second-order valence-electron chi connectivity index (χ2n) is 5.14. The third kappa shape index (κ3) is 3.06. The largest absolute Gasteiger partial charge is 0.447 e. The second kappa shape index (κ2) is 7.12. The van der Waals surface area contributed by atoms with Crippen LogP contribution in [0.1, 0.15) is 13.8 Å². The van der Waals surface area contributed by atoms with Crippen molar-refractivity contribution in [3.63, 3.8) is 0 Å². The van der Waals surface area contributed by atoms with E-state index in [0.717, 1.165) is 14.3 Å². The van der Waals surface area contributed by atoms with E-state index in [1.54, 1.807) is 5.01 Å². The van der Waals surface area contributed by atoms with Gasteiger partial charge >= 0.3 is 6.03 Å². The van der Waals surface area contributed by atoms with Crippen molar-refractivity contribution in [1.82, 2.24) is 14.9 Å². The smallest absolute Gasteiger partial charge is 0.401 e. The lowest BCUT2D eigenvalue weighted by atomic mass is 10.3. The van der Waals surface area contributed by atoms with Gasteiger partial charge in [0, 0.05) is 29.7 Å². The summed E-state index contributed by atoms with van der Waals surface area (Å²) < 4.78 is 6.65. The molecule has 2 amide bonds. The number of hydrazine groups is 1. The molecule has 0 radical (unpaired) electrons. The summed E-state index contributed by atoms with van der Waals surface area (Å²) in [7, 11) is 0. The van der Waals surface area contributed by atoms with Crippen molar-refractivity contribution in [2.24, 2.45) is 0 Å². The molecule has 2 aromatic carbocycles. The van der Waals surface area contributed by atoms with Crippen LogP contribution >= 0.6 is 0 Å². The van der Waals surface area contributed by atoms with Crippen LogP contribution < -0.4 is 10.2 Å². The Labute approximate surface area is 144 Å². The minimum Gasteiger partial charge on any atom is -0.447 e. The molecule has 0 atom stereocenters. The fourth-order valence-corrected chi connectivity index (χ4v) is 4.29. The molecule has 2 N–H and O–H groups in total. The summed E-state index contributed by atoms with van der Waals surface area (Å²) in [5.74, 6) is 1.29. The second-order valence-corrected chi connectivity index (χ2v) is 6.94. The molecule has 0 spiro atoms. The Balaban J connectivity index is 1.96. The maximum Gasteiger partial charge on any atom is 0.401 e. The Kier molecular flexibility index (Phi) is 4.94. The topological polar surface area (TPSA) is 65.0 Å². The Hall–Kier alpha value is -2.22. The number of nitrogens with one attached hydrogen (secondary N) is 1. The molecule has 0 saturated carbocycles. The number of ether oxygens (including phenoxy) is 1. The average molecular weight is 346 g/mol. The van der Waals surface area contributed by atoms with Gasteiger partial charge in [-0.25, -0.2) is 15.0 Å².